The number of aromatic nitrogens is 4. The van der Waals surface area contributed by atoms with E-state index >= 15 is 0 Å². The number of H-pyrrole nitrogens is 1. The number of carbonyl (C=O) groups excluding carboxylic acids is 3. The first-order valence-electron chi connectivity index (χ1n) is 18.2. The fourth-order valence-corrected chi connectivity index (χ4v) is 6.70. The molecule has 0 saturated heterocycles. The molecule has 1 fully saturated rings. The molecule has 3 aromatic carbocycles. The summed E-state index contributed by atoms with van der Waals surface area (Å²) in [5.41, 5.74) is 11.9. The van der Waals surface area contributed by atoms with Gasteiger partial charge in [0.2, 0.25) is 17.6 Å². The van der Waals surface area contributed by atoms with Crippen LogP contribution in [-0.4, -0.2) is 82.0 Å². The highest BCUT2D eigenvalue weighted by atomic mass is 35.5. The van der Waals surface area contributed by atoms with Gasteiger partial charge in [0.25, 0.3) is 5.91 Å². The van der Waals surface area contributed by atoms with Gasteiger partial charge in [-0.3, -0.25) is 14.4 Å². The predicted molar refractivity (Wildman–Crippen MR) is 207 cm³/mol. The number of aromatic amines is 1. The Kier molecular flexibility index (Phi) is 15.3. The van der Waals surface area contributed by atoms with E-state index in [0.29, 0.717) is 42.5 Å². The van der Waals surface area contributed by atoms with Gasteiger partial charge in [0.1, 0.15) is 6.04 Å². The smallest absolute Gasteiger partial charge is 0.251 e. The van der Waals surface area contributed by atoms with Gasteiger partial charge in [-0.25, -0.2) is 0 Å². The summed E-state index contributed by atoms with van der Waals surface area (Å²) >= 11 is 0. The van der Waals surface area contributed by atoms with E-state index in [9.17, 15) is 14.4 Å². The Bertz CT molecular complexity index is 1720. The average molecular weight is 730 g/mol. The fourth-order valence-electron chi connectivity index (χ4n) is 6.70. The number of likely N-dealkylation sites (N-methyl/N-ethyl adjacent to an activating group) is 1. The molecule has 13 heteroatoms. The number of tetrazole rings is 1. The molecular weight excluding hydrogens is 678 g/mol. The number of amides is 3. The Hall–Kier alpha value is -4.65. The van der Waals surface area contributed by atoms with Crippen LogP contribution in [-0.2, 0) is 22.4 Å². The number of nitrogens with zero attached hydrogens (tertiary/aromatic N) is 4. The molecule has 5 rings (SSSR count). The molecule has 1 aromatic heterocycles. The summed E-state index contributed by atoms with van der Waals surface area (Å²) in [4.78, 5) is 42.5. The minimum atomic E-state index is -0.790. The Morgan fingerprint density at radius 3 is 2.23 bits per heavy atom. The zero-order valence-corrected chi connectivity index (χ0v) is 31.2. The van der Waals surface area contributed by atoms with Crippen LogP contribution in [0.15, 0.2) is 66.7 Å². The van der Waals surface area contributed by atoms with Gasteiger partial charge < -0.3 is 26.6 Å². The highest BCUT2D eigenvalue weighted by Crippen LogP contribution is 2.29. The number of halogens is 1. The van der Waals surface area contributed by atoms with Gasteiger partial charge in [-0.1, -0.05) is 51.1 Å². The number of aryl methyl sites for hydroxylation is 1. The Morgan fingerprint density at radius 1 is 0.923 bits per heavy atom. The molecule has 1 heterocycles. The second kappa shape index (κ2) is 19.8. The maximum atomic E-state index is 13.7. The molecule has 0 spiro atoms. The molecule has 0 aliphatic heterocycles. The first-order valence-corrected chi connectivity index (χ1v) is 18.2. The highest BCUT2D eigenvalue weighted by molar-refractivity contribution is 5.98. The molecule has 1 aliphatic carbocycles. The van der Waals surface area contributed by atoms with Crippen LogP contribution < -0.4 is 21.7 Å². The highest BCUT2D eigenvalue weighted by Gasteiger charge is 2.29. The average Bonchev–Trinajstić information content (AvgIpc) is 3.72. The van der Waals surface area contributed by atoms with Crippen LogP contribution in [0.4, 0.5) is 5.69 Å². The predicted octanol–water partition coefficient (Wildman–Crippen LogP) is 5.02. The van der Waals surface area contributed by atoms with E-state index in [1.165, 1.54) is 0 Å². The van der Waals surface area contributed by atoms with Crippen LogP contribution in [0.3, 0.4) is 0 Å². The minimum absolute atomic E-state index is 0. The lowest BCUT2D eigenvalue weighted by molar-refractivity contribution is -0.130. The number of benzene rings is 3. The van der Waals surface area contributed by atoms with Crippen LogP contribution in [0.1, 0.15) is 67.9 Å². The van der Waals surface area contributed by atoms with Gasteiger partial charge in [-0.05, 0) is 122 Å². The maximum Gasteiger partial charge on any atom is 0.251 e. The SMILES string of the molecule is CCc1ccc(C(=O)NCCN(CC)CC)cc1-c1ccc(C[C@H](NC(=O)[C@H]2CC[C@H](CN)CC2)C(=O)Nc2ccc(-c3nn[nH]n3)cc2)cc1.Cl. The van der Waals surface area contributed by atoms with Crippen LogP contribution in [0, 0.1) is 11.8 Å². The van der Waals surface area contributed by atoms with Crippen molar-refractivity contribution < 1.29 is 14.4 Å². The molecule has 4 aromatic rings. The third kappa shape index (κ3) is 10.7. The molecule has 1 aliphatic rings. The van der Waals surface area contributed by atoms with E-state index in [1.54, 1.807) is 24.3 Å². The van der Waals surface area contributed by atoms with E-state index < -0.39 is 6.04 Å². The van der Waals surface area contributed by atoms with E-state index in [1.807, 2.05) is 42.5 Å². The van der Waals surface area contributed by atoms with Gasteiger partial charge in [-0.15, -0.1) is 22.6 Å². The van der Waals surface area contributed by atoms with Crippen molar-refractivity contribution >= 4 is 35.8 Å². The van der Waals surface area contributed by atoms with Crippen molar-refractivity contribution in [3.8, 4) is 22.5 Å². The lowest BCUT2D eigenvalue weighted by atomic mass is 9.81. The summed E-state index contributed by atoms with van der Waals surface area (Å²) in [5, 5.41) is 23.1. The number of hydrogen-bond acceptors (Lipinski definition) is 8. The summed E-state index contributed by atoms with van der Waals surface area (Å²) in [6.45, 7) is 10.3. The van der Waals surface area contributed by atoms with Crippen molar-refractivity contribution in [1.82, 2.24) is 36.2 Å². The standard InChI is InChI=1S/C39H51N9O3.ClH/c1-4-28-15-16-32(37(49)41-21-22-48(5-2)6-3)24-34(28)29-11-7-26(8-12-29)23-35(43-38(50)31-13-9-27(25-40)10-14-31)39(51)42-33-19-17-30(18-20-33)36-44-46-47-45-36;/h7-8,11-12,15-20,24,27,31,35H,4-6,9-10,13-14,21-23,25,40H2,1-3H3,(H,41,49)(H,42,51)(H,43,50)(H,44,45,46,47);1H/t27-,31-,35-;/m0./s1. The number of nitrogens with two attached hydrogens (primary N) is 1. The normalized spacial score (nSPS) is 16.1. The third-order valence-electron chi connectivity index (χ3n) is 10.0. The minimum Gasteiger partial charge on any atom is -0.351 e. The van der Waals surface area contributed by atoms with E-state index in [0.717, 1.165) is 79.6 Å². The number of nitrogens with one attached hydrogen (secondary N) is 4. The summed E-state index contributed by atoms with van der Waals surface area (Å²) in [5.74, 6) is 0.264. The van der Waals surface area contributed by atoms with E-state index in [4.69, 9.17) is 5.73 Å². The summed E-state index contributed by atoms with van der Waals surface area (Å²) in [6.07, 6.45) is 4.49. The number of carbonyl (C=O) groups is 3. The molecule has 6 N–H and O–H groups in total. The molecule has 0 unspecified atom stereocenters. The van der Waals surface area contributed by atoms with Crippen LogP contribution in [0.25, 0.3) is 22.5 Å². The van der Waals surface area contributed by atoms with E-state index in [2.05, 4.69) is 62.2 Å². The lowest BCUT2D eigenvalue weighted by Crippen LogP contribution is -2.48. The maximum absolute atomic E-state index is 13.7. The van der Waals surface area contributed by atoms with Crippen molar-refractivity contribution in [1.29, 1.82) is 0 Å². The van der Waals surface area contributed by atoms with Crippen LogP contribution >= 0.6 is 12.4 Å². The molecule has 278 valence electrons. The second-order valence-electron chi connectivity index (χ2n) is 13.2. The molecule has 1 saturated carbocycles. The van der Waals surface area contributed by atoms with Gasteiger partial charge in [0.05, 0.1) is 0 Å². The molecule has 3 amide bonds. The molecule has 1 atom stereocenters. The van der Waals surface area contributed by atoms with Gasteiger partial charge in [0, 0.05) is 42.2 Å². The fraction of sp³-hybridized carbons (Fsp3) is 0.436. The van der Waals surface area contributed by atoms with Crippen molar-refractivity contribution in [2.24, 2.45) is 17.6 Å². The Morgan fingerprint density at radius 2 is 1.62 bits per heavy atom. The van der Waals surface area contributed by atoms with Crippen molar-refractivity contribution in [3.63, 3.8) is 0 Å². The second-order valence-corrected chi connectivity index (χ2v) is 13.2. The van der Waals surface area contributed by atoms with Crippen molar-refractivity contribution in [3.05, 3.63) is 83.4 Å². The number of anilines is 1. The topological polar surface area (TPSA) is 171 Å². The lowest BCUT2D eigenvalue weighted by Gasteiger charge is -2.28. The van der Waals surface area contributed by atoms with Crippen LogP contribution in [0.2, 0.25) is 0 Å². The zero-order valence-electron chi connectivity index (χ0n) is 30.4. The van der Waals surface area contributed by atoms with Crippen molar-refractivity contribution in [2.45, 2.75) is 65.3 Å². The Balaban J connectivity index is 0.00000605. The first kappa shape index (κ1) is 40.1. The molecule has 0 bridgehead atoms. The van der Waals surface area contributed by atoms with Gasteiger partial charge >= 0.3 is 0 Å². The summed E-state index contributed by atoms with van der Waals surface area (Å²) < 4.78 is 0. The number of hydrogen-bond donors (Lipinski definition) is 5. The zero-order chi connectivity index (χ0) is 36.2. The van der Waals surface area contributed by atoms with Gasteiger partial charge in [-0.2, -0.15) is 5.21 Å². The van der Waals surface area contributed by atoms with E-state index in [-0.39, 0.29) is 36.0 Å². The number of rotatable bonds is 16. The largest absolute Gasteiger partial charge is 0.351 e. The van der Waals surface area contributed by atoms with Crippen molar-refractivity contribution in [2.75, 3.05) is 38.0 Å². The molecule has 0 radical (unpaired) electrons. The molecular formula is C39H52ClN9O3. The molecule has 52 heavy (non-hydrogen) atoms. The van der Waals surface area contributed by atoms with Gasteiger partial charge in [0.15, 0.2) is 0 Å². The summed E-state index contributed by atoms with van der Waals surface area (Å²) in [6, 6.07) is 20.3. The Labute approximate surface area is 312 Å². The first-order chi connectivity index (χ1) is 24.8. The van der Waals surface area contributed by atoms with Crippen LogP contribution in [0.5, 0.6) is 0 Å². The summed E-state index contributed by atoms with van der Waals surface area (Å²) in [7, 11) is 0. The quantitative estimate of drug-likeness (QED) is 0.107. The molecule has 12 nitrogen and oxygen atoms in total. The monoisotopic (exact) mass is 729 g/mol. The third-order valence-corrected chi connectivity index (χ3v) is 10.0.